The van der Waals surface area contributed by atoms with Crippen molar-refractivity contribution in [2.24, 2.45) is 0 Å². The van der Waals surface area contributed by atoms with Crippen molar-refractivity contribution in [1.82, 2.24) is 0 Å². The molecule has 0 bridgehead atoms. The predicted octanol–water partition coefficient (Wildman–Crippen LogP) is 5.75. The van der Waals surface area contributed by atoms with Crippen molar-refractivity contribution in [2.45, 2.75) is 6.18 Å². The van der Waals surface area contributed by atoms with Gasteiger partial charge in [-0.15, -0.1) is 0 Å². The van der Waals surface area contributed by atoms with Gasteiger partial charge in [0.15, 0.2) is 11.5 Å². The first-order chi connectivity index (χ1) is 16.9. The van der Waals surface area contributed by atoms with Gasteiger partial charge < -0.3 is 31.2 Å². The van der Waals surface area contributed by atoms with E-state index in [2.05, 4.69) is 4.99 Å². The molecule has 3 aromatic carbocycles. The topological polar surface area (TPSA) is 45.6 Å². The molecule has 0 amide bonds. The van der Waals surface area contributed by atoms with Crippen LogP contribution in [0, 0.1) is 0 Å². The number of halogens is 7. The maximum Gasteiger partial charge on any atom is 0.673 e. The standard InChI is InChI=1S/C24H18F3NO3.BF4/c1-29-21-11-10-15(12-23(21)30-2)22-14-19(18-8-3-4-9-20(18)31-22)28-17-7-5-6-16(13-17)24(25,26)27;2-1(3,4)5/h3-14H,1-2H3;/q;-1/p+1. The van der Waals surface area contributed by atoms with Crippen molar-refractivity contribution >= 4 is 23.9 Å². The second-order valence-corrected chi connectivity index (χ2v) is 7.29. The van der Waals surface area contributed by atoms with Gasteiger partial charge in [-0.25, -0.2) is 4.99 Å². The summed E-state index contributed by atoms with van der Waals surface area (Å²) in [6, 6.07) is 19.5. The molecule has 190 valence electrons. The summed E-state index contributed by atoms with van der Waals surface area (Å²) < 4.78 is 95.0. The van der Waals surface area contributed by atoms with Gasteiger partial charge >= 0.3 is 13.4 Å². The molecule has 12 heteroatoms. The Morgan fingerprint density at radius 2 is 1.44 bits per heavy atom. The molecule has 0 fully saturated rings. The number of hydrogen-bond acceptors (Lipinski definition) is 3. The zero-order chi connectivity index (χ0) is 26.5. The summed E-state index contributed by atoms with van der Waals surface area (Å²) in [6.45, 7) is 0. The number of para-hydroxylation sites is 1. The van der Waals surface area contributed by atoms with Crippen molar-refractivity contribution in [3.05, 3.63) is 83.7 Å². The fraction of sp³-hybridized carbons (Fsp3) is 0.125. The number of benzene rings is 3. The van der Waals surface area contributed by atoms with Gasteiger partial charge in [-0.1, -0.05) is 18.2 Å². The largest absolute Gasteiger partial charge is 0.673 e. The Bertz CT molecular complexity index is 1410. The van der Waals surface area contributed by atoms with Crippen LogP contribution >= 0.6 is 0 Å². The molecule has 0 aliphatic heterocycles. The van der Waals surface area contributed by atoms with Gasteiger partial charge in [-0.3, -0.25) is 0 Å². The minimum atomic E-state index is -6.00. The molecule has 0 radical (unpaired) electrons. The average Bonchev–Trinajstić information content (AvgIpc) is 2.82. The highest BCUT2D eigenvalue weighted by Crippen LogP contribution is 2.33. The van der Waals surface area contributed by atoms with Crippen LogP contribution in [0.15, 0.2) is 77.2 Å². The van der Waals surface area contributed by atoms with E-state index in [4.69, 9.17) is 13.9 Å². The first-order valence-electron chi connectivity index (χ1n) is 10.3. The lowest BCUT2D eigenvalue weighted by Crippen LogP contribution is -2.70. The minimum Gasteiger partial charge on any atom is -0.493 e. The van der Waals surface area contributed by atoms with Gasteiger partial charge in [0.1, 0.15) is 11.3 Å². The van der Waals surface area contributed by atoms with E-state index < -0.39 is 19.0 Å². The van der Waals surface area contributed by atoms with Crippen molar-refractivity contribution in [1.29, 1.82) is 0 Å². The molecule has 1 N–H and O–H groups in total. The number of methoxy groups -OCH3 is 2. The van der Waals surface area contributed by atoms with Crippen LogP contribution in [0.3, 0.4) is 0 Å². The highest BCUT2D eigenvalue weighted by Gasteiger charge is 2.31. The fourth-order valence-electron chi connectivity index (χ4n) is 3.30. The molecule has 0 aliphatic rings. The van der Waals surface area contributed by atoms with E-state index in [9.17, 15) is 30.4 Å². The van der Waals surface area contributed by atoms with Crippen LogP contribution in [0.4, 0.5) is 36.1 Å². The molecule has 0 atom stereocenters. The molecular formula is C24H19BF7NO3. The Morgan fingerprint density at radius 3 is 2.08 bits per heavy atom. The second-order valence-electron chi connectivity index (χ2n) is 7.29. The third-order valence-corrected chi connectivity index (χ3v) is 4.81. The monoisotopic (exact) mass is 513 g/mol. The molecule has 0 unspecified atom stereocenters. The summed E-state index contributed by atoms with van der Waals surface area (Å²) in [6.07, 6.45) is -4.42. The summed E-state index contributed by atoms with van der Waals surface area (Å²) in [7, 11) is -2.91. The smallest absolute Gasteiger partial charge is 0.493 e. The molecule has 4 aromatic rings. The van der Waals surface area contributed by atoms with Crippen LogP contribution < -0.4 is 19.8 Å². The van der Waals surface area contributed by atoms with Gasteiger partial charge in [-0.05, 0) is 36.4 Å². The Hall–Kier alpha value is -3.96. The Labute approximate surface area is 200 Å². The normalized spacial score (nSPS) is 12.2. The summed E-state index contributed by atoms with van der Waals surface area (Å²) in [5, 5.41) is 1.36. The highest BCUT2D eigenvalue weighted by molar-refractivity contribution is 6.50. The third-order valence-electron chi connectivity index (χ3n) is 4.81. The zero-order valence-electron chi connectivity index (χ0n) is 18.9. The number of hydrogen-bond donors (Lipinski definition) is 1. The van der Waals surface area contributed by atoms with Gasteiger partial charge in [0.05, 0.1) is 31.2 Å². The van der Waals surface area contributed by atoms with E-state index >= 15 is 0 Å². The van der Waals surface area contributed by atoms with Gasteiger partial charge in [0.25, 0.3) is 0 Å². The molecule has 1 heterocycles. The Morgan fingerprint density at radius 1 is 0.778 bits per heavy atom. The molecule has 1 aromatic heterocycles. The minimum absolute atomic E-state index is 0.324. The Kier molecular flexibility index (Phi) is 7.96. The predicted molar refractivity (Wildman–Crippen MR) is 120 cm³/mol. The van der Waals surface area contributed by atoms with Crippen LogP contribution in [0.5, 0.6) is 11.5 Å². The lowest BCUT2D eigenvalue weighted by molar-refractivity contribution is -0.401. The molecule has 0 saturated heterocycles. The molecule has 4 nitrogen and oxygen atoms in total. The van der Waals surface area contributed by atoms with Gasteiger partial charge in [-0.2, -0.15) is 13.2 Å². The van der Waals surface area contributed by atoms with Crippen LogP contribution in [0.2, 0.25) is 0 Å². The number of rotatable bonds is 4. The molecule has 0 aliphatic carbocycles. The summed E-state index contributed by atoms with van der Waals surface area (Å²) in [5.41, 5.74) is 0.923. The molecular weight excluding hydrogens is 494 g/mol. The van der Waals surface area contributed by atoms with Crippen molar-refractivity contribution < 1.29 is 49.3 Å². The lowest BCUT2D eigenvalue weighted by atomic mass is 10.1. The lowest BCUT2D eigenvalue weighted by Gasteiger charge is -2.09. The third kappa shape index (κ3) is 7.03. The van der Waals surface area contributed by atoms with Crippen LogP contribution in [-0.4, -0.2) is 21.5 Å². The van der Waals surface area contributed by atoms with E-state index in [1.165, 1.54) is 6.07 Å². The second kappa shape index (κ2) is 10.8. The van der Waals surface area contributed by atoms with Crippen LogP contribution in [0.25, 0.3) is 22.3 Å². The Balaban J connectivity index is 0.000000658. The number of ether oxygens (including phenoxy) is 2. The van der Waals surface area contributed by atoms with Gasteiger partial charge in [0.2, 0.25) is 11.0 Å². The van der Waals surface area contributed by atoms with E-state index in [-0.39, 0.29) is 0 Å². The molecule has 36 heavy (non-hydrogen) atoms. The maximum atomic E-state index is 13.1. The number of fused-ring (bicyclic) bond motifs is 1. The van der Waals surface area contributed by atoms with Gasteiger partial charge in [0, 0.05) is 17.7 Å². The van der Waals surface area contributed by atoms with Crippen molar-refractivity contribution in [2.75, 3.05) is 14.2 Å². The SMILES string of the molecule is COc1ccc(-c2cc(=[NH+]c3cccc(C(F)(F)F)c3)c3ccccc3o2)cc1OC.F[B-](F)(F)F. The van der Waals surface area contributed by atoms with Crippen molar-refractivity contribution in [3.8, 4) is 22.8 Å². The van der Waals surface area contributed by atoms with E-state index in [1.54, 1.807) is 44.6 Å². The van der Waals surface area contributed by atoms with Crippen molar-refractivity contribution in [3.63, 3.8) is 0 Å². The maximum absolute atomic E-state index is 13.1. The highest BCUT2D eigenvalue weighted by atomic mass is 19.5. The summed E-state index contributed by atoms with van der Waals surface area (Å²) in [4.78, 5) is 3.10. The van der Waals surface area contributed by atoms with E-state index in [0.717, 1.165) is 23.1 Å². The molecule has 0 saturated carbocycles. The zero-order valence-corrected chi connectivity index (χ0v) is 18.9. The number of nitrogens with one attached hydrogen (secondary N) is 1. The molecule has 0 spiro atoms. The fourth-order valence-corrected chi connectivity index (χ4v) is 3.30. The van der Waals surface area contributed by atoms with Crippen LogP contribution in [-0.2, 0) is 6.18 Å². The number of alkyl halides is 3. The summed E-state index contributed by atoms with van der Waals surface area (Å²) in [5.74, 6) is 1.64. The van der Waals surface area contributed by atoms with Crippen LogP contribution in [0.1, 0.15) is 5.56 Å². The van der Waals surface area contributed by atoms with E-state index in [1.807, 2.05) is 24.3 Å². The summed E-state index contributed by atoms with van der Waals surface area (Å²) >= 11 is 0. The molecule has 4 rings (SSSR count). The first-order valence-corrected chi connectivity index (χ1v) is 10.3. The average molecular weight is 513 g/mol. The van der Waals surface area contributed by atoms with E-state index in [0.29, 0.717) is 33.9 Å². The first kappa shape index (κ1) is 26.6. The quantitative estimate of drug-likeness (QED) is 0.280.